The highest BCUT2D eigenvalue weighted by Gasteiger charge is 2.24. The zero-order valence-corrected chi connectivity index (χ0v) is 12.0. The van der Waals surface area contributed by atoms with Crippen molar-refractivity contribution in [2.45, 2.75) is 6.92 Å². The molecule has 0 saturated heterocycles. The SMILES string of the molecule is C#CCN(CC(=O)O)C(=O)c1oc2ccc(Cl)cc2c1C. The summed E-state index contributed by atoms with van der Waals surface area (Å²) in [6, 6.07) is 5.00. The Balaban J connectivity index is 2.44. The first kappa shape index (κ1) is 14.9. The number of halogens is 1. The molecule has 1 aromatic heterocycles. The van der Waals surface area contributed by atoms with Crippen LogP contribution in [0.1, 0.15) is 16.1 Å². The number of furan rings is 1. The van der Waals surface area contributed by atoms with E-state index in [1.807, 2.05) is 0 Å². The molecule has 1 aromatic carbocycles. The fourth-order valence-electron chi connectivity index (χ4n) is 2.01. The van der Waals surface area contributed by atoms with Crippen LogP contribution in [0.25, 0.3) is 11.0 Å². The van der Waals surface area contributed by atoms with Crippen molar-refractivity contribution in [3.05, 3.63) is 34.5 Å². The second kappa shape index (κ2) is 5.90. The maximum Gasteiger partial charge on any atom is 0.323 e. The number of aliphatic carboxylic acids is 1. The zero-order valence-electron chi connectivity index (χ0n) is 11.2. The lowest BCUT2D eigenvalue weighted by Gasteiger charge is -2.16. The fourth-order valence-corrected chi connectivity index (χ4v) is 2.19. The van der Waals surface area contributed by atoms with Crippen molar-refractivity contribution in [3.63, 3.8) is 0 Å². The molecule has 0 atom stereocenters. The van der Waals surface area contributed by atoms with Crippen LogP contribution < -0.4 is 0 Å². The number of benzene rings is 1. The number of terminal acetylenes is 1. The summed E-state index contributed by atoms with van der Waals surface area (Å²) in [7, 11) is 0. The molecule has 0 spiro atoms. The molecular weight excluding hydrogens is 294 g/mol. The third-order valence-corrected chi connectivity index (χ3v) is 3.22. The van der Waals surface area contributed by atoms with Crippen molar-refractivity contribution >= 4 is 34.4 Å². The van der Waals surface area contributed by atoms with Gasteiger partial charge in [0.1, 0.15) is 12.1 Å². The van der Waals surface area contributed by atoms with Gasteiger partial charge >= 0.3 is 5.97 Å². The van der Waals surface area contributed by atoms with E-state index in [1.54, 1.807) is 25.1 Å². The molecular formula is C15H12ClNO4. The maximum atomic E-state index is 12.4. The van der Waals surface area contributed by atoms with Crippen molar-refractivity contribution in [1.82, 2.24) is 4.90 Å². The molecule has 0 unspecified atom stereocenters. The van der Waals surface area contributed by atoms with Gasteiger partial charge in [-0.25, -0.2) is 0 Å². The summed E-state index contributed by atoms with van der Waals surface area (Å²) in [5.74, 6) is 0.640. The van der Waals surface area contributed by atoms with Crippen LogP contribution in [0.5, 0.6) is 0 Å². The molecule has 2 rings (SSSR count). The second-order valence-corrected chi connectivity index (χ2v) is 4.89. The smallest absolute Gasteiger partial charge is 0.323 e. The Morgan fingerprint density at radius 1 is 1.48 bits per heavy atom. The highest BCUT2D eigenvalue weighted by atomic mass is 35.5. The van der Waals surface area contributed by atoms with Crippen molar-refractivity contribution in [1.29, 1.82) is 0 Å². The van der Waals surface area contributed by atoms with Gasteiger partial charge in [0.15, 0.2) is 5.76 Å². The lowest BCUT2D eigenvalue weighted by Crippen LogP contribution is -2.36. The van der Waals surface area contributed by atoms with Gasteiger partial charge < -0.3 is 14.4 Å². The first-order valence-electron chi connectivity index (χ1n) is 6.07. The Hall–Kier alpha value is -2.45. The average molecular weight is 306 g/mol. The molecule has 5 nitrogen and oxygen atoms in total. The van der Waals surface area contributed by atoms with Crippen molar-refractivity contribution in [2.24, 2.45) is 0 Å². The molecule has 21 heavy (non-hydrogen) atoms. The van der Waals surface area contributed by atoms with Crippen molar-refractivity contribution in [3.8, 4) is 12.3 Å². The van der Waals surface area contributed by atoms with Gasteiger partial charge in [0.25, 0.3) is 5.91 Å². The van der Waals surface area contributed by atoms with Crippen LogP contribution in [-0.2, 0) is 4.79 Å². The molecule has 2 aromatic rings. The first-order valence-corrected chi connectivity index (χ1v) is 6.45. The van der Waals surface area contributed by atoms with Gasteiger partial charge in [-0.2, -0.15) is 0 Å². The van der Waals surface area contributed by atoms with Crippen LogP contribution >= 0.6 is 11.6 Å². The molecule has 0 radical (unpaired) electrons. The third kappa shape index (κ3) is 3.01. The number of carbonyl (C=O) groups is 2. The van der Waals surface area contributed by atoms with Crippen LogP contribution in [0.2, 0.25) is 5.02 Å². The largest absolute Gasteiger partial charge is 0.480 e. The Kier molecular flexibility index (Phi) is 4.20. The summed E-state index contributed by atoms with van der Waals surface area (Å²) in [5, 5.41) is 10.1. The zero-order chi connectivity index (χ0) is 15.6. The minimum atomic E-state index is -1.14. The first-order chi connectivity index (χ1) is 9.93. The Morgan fingerprint density at radius 2 is 2.19 bits per heavy atom. The molecule has 0 bridgehead atoms. The minimum Gasteiger partial charge on any atom is -0.480 e. The number of rotatable bonds is 4. The standard InChI is InChI=1S/C15H12ClNO4/c1-3-6-17(8-13(18)19)15(20)14-9(2)11-7-10(16)4-5-12(11)21-14/h1,4-5,7H,6,8H2,2H3,(H,18,19). The topological polar surface area (TPSA) is 70.8 Å². The molecule has 1 amide bonds. The van der Waals surface area contributed by atoms with E-state index in [1.165, 1.54) is 0 Å². The summed E-state index contributed by atoms with van der Waals surface area (Å²) in [4.78, 5) is 24.2. The number of nitrogens with zero attached hydrogens (tertiary/aromatic N) is 1. The lowest BCUT2D eigenvalue weighted by atomic mass is 10.1. The Bertz CT molecular complexity index is 757. The summed E-state index contributed by atoms with van der Waals surface area (Å²) >= 11 is 5.92. The Morgan fingerprint density at radius 3 is 2.81 bits per heavy atom. The van der Waals surface area contributed by atoms with Crippen LogP contribution in [-0.4, -0.2) is 35.0 Å². The van der Waals surface area contributed by atoms with E-state index in [2.05, 4.69) is 5.92 Å². The summed E-state index contributed by atoms with van der Waals surface area (Å²) in [6.07, 6.45) is 5.17. The number of aryl methyl sites for hydroxylation is 1. The van der Waals surface area contributed by atoms with E-state index in [0.29, 0.717) is 21.6 Å². The summed E-state index contributed by atoms with van der Waals surface area (Å²) in [5.41, 5.74) is 1.11. The van der Waals surface area contributed by atoms with Crippen LogP contribution in [0, 0.1) is 19.3 Å². The molecule has 6 heteroatoms. The minimum absolute atomic E-state index is 0.0729. The predicted octanol–water partition coefficient (Wildman–Crippen LogP) is 2.55. The van der Waals surface area contributed by atoms with E-state index in [9.17, 15) is 9.59 Å². The van der Waals surface area contributed by atoms with E-state index < -0.39 is 18.4 Å². The van der Waals surface area contributed by atoms with Crippen LogP contribution in [0.3, 0.4) is 0 Å². The fraction of sp³-hybridized carbons (Fsp3) is 0.200. The molecule has 0 aliphatic rings. The van der Waals surface area contributed by atoms with Crippen LogP contribution in [0.4, 0.5) is 0 Å². The maximum absolute atomic E-state index is 12.4. The quantitative estimate of drug-likeness (QED) is 0.881. The molecule has 1 N–H and O–H groups in total. The molecule has 0 fully saturated rings. The highest BCUT2D eigenvalue weighted by Crippen LogP contribution is 2.28. The van der Waals surface area contributed by atoms with Gasteiger partial charge in [0.2, 0.25) is 0 Å². The van der Waals surface area contributed by atoms with E-state index >= 15 is 0 Å². The normalized spacial score (nSPS) is 10.3. The number of carbonyl (C=O) groups excluding carboxylic acids is 1. The van der Waals surface area contributed by atoms with Crippen LogP contribution in [0.15, 0.2) is 22.6 Å². The van der Waals surface area contributed by atoms with Gasteiger partial charge in [-0.15, -0.1) is 6.42 Å². The number of hydrogen-bond acceptors (Lipinski definition) is 3. The van der Waals surface area contributed by atoms with Crippen molar-refractivity contribution in [2.75, 3.05) is 13.1 Å². The van der Waals surface area contributed by atoms with E-state index in [4.69, 9.17) is 27.5 Å². The highest BCUT2D eigenvalue weighted by molar-refractivity contribution is 6.31. The van der Waals surface area contributed by atoms with Gasteiger partial charge in [-0.3, -0.25) is 9.59 Å². The molecule has 0 saturated carbocycles. The molecule has 108 valence electrons. The summed E-state index contributed by atoms with van der Waals surface area (Å²) in [6.45, 7) is 1.12. The molecule has 1 heterocycles. The number of amides is 1. The van der Waals surface area contributed by atoms with Gasteiger partial charge in [-0.1, -0.05) is 17.5 Å². The second-order valence-electron chi connectivity index (χ2n) is 4.46. The van der Waals surface area contributed by atoms with Crippen molar-refractivity contribution < 1.29 is 19.1 Å². The monoisotopic (exact) mass is 305 g/mol. The molecule has 0 aliphatic heterocycles. The van der Waals surface area contributed by atoms with Gasteiger partial charge in [0, 0.05) is 16.0 Å². The lowest BCUT2D eigenvalue weighted by molar-refractivity contribution is -0.137. The predicted molar refractivity (Wildman–Crippen MR) is 78.3 cm³/mol. The van der Waals surface area contributed by atoms with Gasteiger partial charge in [-0.05, 0) is 25.1 Å². The number of carboxylic acid groups (broad SMARTS) is 1. The number of hydrogen-bond donors (Lipinski definition) is 1. The number of fused-ring (bicyclic) bond motifs is 1. The molecule has 0 aliphatic carbocycles. The average Bonchev–Trinajstić information content (AvgIpc) is 2.74. The number of carboxylic acids is 1. The van der Waals surface area contributed by atoms with E-state index in [0.717, 1.165) is 4.90 Å². The summed E-state index contributed by atoms with van der Waals surface area (Å²) < 4.78 is 5.51. The van der Waals surface area contributed by atoms with E-state index in [-0.39, 0.29) is 12.3 Å². The third-order valence-electron chi connectivity index (χ3n) is 2.99. The Labute approximate surface area is 126 Å². The van der Waals surface area contributed by atoms with Gasteiger partial charge in [0.05, 0.1) is 6.54 Å².